The molecule has 30 heavy (non-hydrogen) atoms. The van der Waals surface area contributed by atoms with Crippen LogP contribution >= 0.6 is 0 Å². The molecule has 0 radical (unpaired) electrons. The molecule has 1 aromatic carbocycles. The lowest BCUT2D eigenvalue weighted by atomic mass is 10.2. The summed E-state index contributed by atoms with van der Waals surface area (Å²) in [5, 5.41) is 0. The van der Waals surface area contributed by atoms with Crippen molar-refractivity contribution in [3.63, 3.8) is 0 Å². The Morgan fingerprint density at radius 3 is 1.33 bits per heavy atom. The maximum absolute atomic E-state index is 12.7. The van der Waals surface area contributed by atoms with Gasteiger partial charge in [-0.2, -0.15) is 0 Å². The standard InChI is InChI=1S/C18H18F4N4O4/c1-25-7-11(13(23)15(19)20)17(27)29-9-3-5-10(6-4-9)30-18(28)12(8-26-2)14(24)16(21)22/h3-8,15-16H,23-24H2,1-2H3. The van der Waals surface area contributed by atoms with E-state index >= 15 is 0 Å². The van der Waals surface area contributed by atoms with Crippen molar-refractivity contribution in [2.45, 2.75) is 12.9 Å². The Morgan fingerprint density at radius 1 is 0.800 bits per heavy atom. The summed E-state index contributed by atoms with van der Waals surface area (Å²) in [5.41, 5.74) is 7.09. The Kier molecular flexibility index (Phi) is 9.20. The Morgan fingerprint density at radius 2 is 1.10 bits per heavy atom. The molecule has 1 aromatic rings. The second kappa shape index (κ2) is 11.3. The van der Waals surface area contributed by atoms with Crippen LogP contribution in [0.2, 0.25) is 0 Å². The number of esters is 2. The minimum absolute atomic E-state index is 0.0955. The third kappa shape index (κ3) is 6.72. The van der Waals surface area contributed by atoms with E-state index in [-0.39, 0.29) is 11.5 Å². The fourth-order valence-electron chi connectivity index (χ4n) is 1.88. The van der Waals surface area contributed by atoms with Gasteiger partial charge < -0.3 is 20.9 Å². The Bertz CT molecular complexity index is 821. The van der Waals surface area contributed by atoms with Gasteiger partial charge in [0.05, 0.1) is 11.4 Å². The molecule has 0 amide bonds. The first-order valence-corrected chi connectivity index (χ1v) is 8.06. The predicted molar refractivity (Wildman–Crippen MR) is 101 cm³/mol. The average Bonchev–Trinajstić information content (AvgIpc) is 2.70. The van der Waals surface area contributed by atoms with Crippen molar-refractivity contribution in [2.24, 2.45) is 21.5 Å². The molecule has 162 valence electrons. The van der Waals surface area contributed by atoms with Crippen molar-refractivity contribution in [1.82, 2.24) is 0 Å². The van der Waals surface area contributed by atoms with Crippen LogP contribution in [0.1, 0.15) is 0 Å². The summed E-state index contributed by atoms with van der Waals surface area (Å²) in [5.74, 6) is -2.56. The fraction of sp³-hybridized carbons (Fsp3) is 0.222. The average molecular weight is 430 g/mol. The summed E-state index contributed by atoms with van der Waals surface area (Å²) in [6.45, 7) is 0. The molecule has 0 aliphatic rings. The number of alkyl halides is 4. The molecule has 0 saturated heterocycles. The highest BCUT2D eigenvalue weighted by Gasteiger charge is 2.22. The molecule has 0 aliphatic carbocycles. The van der Waals surface area contributed by atoms with Crippen molar-refractivity contribution in [3.8, 4) is 11.5 Å². The zero-order valence-corrected chi connectivity index (χ0v) is 15.8. The lowest BCUT2D eigenvalue weighted by molar-refractivity contribution is -0.130. The molecule has 0 bridgehead atoms. The van der Waals surface area contributed by atoms with Crippen LogP contribution in [-0.4, -0.2) is 51.3 Å². The van der Waals surface area contributed by atoms with E-state index in [1.165, 1.54) is 38.4 Å². The number of aliphatic imine (C=N–C) groups is 2. The van der Waals surface area contributed by atoms with Gasteiger partial charge in [0.1, 0.15) is 22.6 Å². The first-order valence-electron chi connectivity index (χ1n) is 8.06. The second-order valence-corrected chi connectivity index (χ2v) is 5.36. The smallest absolute Gasteiger partial charge is 0.347 e. The van der Waals surface area contributed by atoms with E-state index in [1.807, 2.05) is 0 Å². The van der Waals surface area contributed by atoms with E-state index in [0.717, 1.165) is 12.4 Å². The fourth-order valence-corrected chi connectivity index (χ4v) is 1.88. The van der Waals surface area contributed by atoms with Crippen LogP contribution in [0.3, 0.4) is 0 Å². The van der Waals surface area contributed by atoms with Gasteiger partial charge in [-0.25, -0.2) is 27.2 Å². The number of halogens is 4. The lowest BCUT2D eigenvalue weighted by Crippen LogP contribution is -2.22. The van der Waals surface area contributed by atoms with Crippen LogP contribution in [0.5, 0.6) is 11.5 Å². The van der Waals surface area contributed by atoms with Gasteiger partial charge in [0.2, 0.25) is 0 Å². The number of nitrogens with zero attached hydrogens (tertiary/aromatic N) is 2. The van der Waals surface area contributed by atoms with Gasteiger partial charge in [-0.05, 0) is 24.3 Å². The number of carbonyl (C=O) groups excluding carboxylic acids is 2. The summed E-state index contributed by atoms with van der Waals surface area (Å²) in [7, 11) is 2.50. The van der Waals surface area contributed by atoms with Gasteiger partial charge in [0.25, 0.3) is 12.9 Å². The van der Waals surface area contributed by atoms with Gasteiger partial charge in [-0.1, -0.05) is 0 Å². The molecule has 4 N–H and O–H groups in total. The molecule has 0 saturated carbocycles. The molecule has 0 aliphatic heterocycles. The van der Waals surface area contributed by atoms with E-state index in [9.17, 15) is 27.2 Å². The molecule has 12 heteroatoms. The minimum Gasteiger partial charge on any atom is -0.423 e. The molecule has 0 unspecified atom stereocenters. The molecule has 0 fully saturated rings. The topological polar surface area (TPSA) is 129 Å². The van der Waals surface area contributed by atoms with Gasteiger partial charge >= 0.3 is 11.9 Å². The third-order valence-corrected chi connectivity index (χ3v) is 3.29. The van der Waals surface area contributed by atoms with Crippen molar-refractivity contribution in [2.75, 3.05) is 14.1 Å². The van der Waals surface area contributed by atoms with Crippen LogP contribution in [0, 0.1) is 0 Å². The zero-order valence-electron chi connectivity index (χ0n) is 15.8. The second-order valence-electron chi connectivity index (χ2n) is 5.36. The van der Waals surface area contributed by atoms with Gasteiger partial charge in [0.15, 0.2) is 0 Å². The van der Waals surface area contributed by atoms with E-state index in [1.54, 1.807) is 0 Å². The summed E-state index contributed by atoms with van der Waals surface area (Å²) in [6, 6.07) is 4.70. The number of rotatable bonds is 8. The molecule has 0 atom stereocenters. The largest absolute Gasteiger partial charge is 0.423 e. The monoisotopic (exact) mass is 430 g/mol. The van der Waals surface area contributed by atoms with Crippen molar-refractivity contribution in [3.05, 3.63) is 46.8 Å². The summed E-state index contributed by atoms with van der Waals surface area (Å²) in [6.07, 6.45) is -4.53. The zero-order chi connectivity index (χ0) is 22.8. The lowest BCUT2D eigenvalue weighted by Gasteiger charge is -2.10. The van der Waals surface area contributed by atoms with Crippen LogP contribution < -0.4 is 20.9 Å². The van der Waals surface area contributed by atoms with Crippen LogP contribution in [-0.2, 0) is 9.59 Å². The van der Waals surface area contributed by atoms with Crippen LogP contribution in [0.4, 0.5) is 17.6 Å². The summed E-state index contributed by atoms with van der Waals surface area (Å²) < 4.78 is 60.8. The van der Waals surface area contributed by atoms with Crippen molar-refractivity contribution >= 4 is 24.4 Å². The van der Waals surface area contributed by atoms with Crippen LogP contribution in [0.15, 0.2) is 56.8 Å². The van der Waals surface area contributed by atoms with E-state index < -0.39 is 47.3 Å². The number of ether oxygens (including phenoxy) is 2. The minimum atomic E-state index is -3.10. The highest BCUT2D eigenvalue weighted by atomic mass is 19.3. The van der Waals surface area contributed by atoms with Crippen molar-refractivity contribution < 1.29 is 36.6 Å². The molecule has 0 heterocycles. The number of allylic oxidation sites excluding steroid dienone is 2. The maximum Gasteiger partial charge on any atom is 0.347 e. The van der Waals surface area contributed by atoms with Crippen LogP contribution in [0.25, 0.3) is 0 Å². The summed E-state index contributed by atoms with van der Waals surface area (Å²) in [4.78, 5) is 31.0. The van der Waals surface area contributed by atoms with E-state index in [0.29, 0.717) is 0 Å². The highest BCUT2D eigenvalue weighted by molar-refractivity contribution is 6.11. The molecule has 0 spiro atoms. The molecular formula is C18H18F4N4O4. The van der Waals surface area contributed by atoms with Gasteiger partial charge in [0, 0.05) is 26.5 Å². The Balaban J connectivity index is 2.99. The number of hydrogen-bond donors (Lipinski definition) is 2. The SMILES string of the molecule is CN=CC(C(=O)Oc1ccc(OC(=O)C(C=NC)=C(N)C(F)F)cc1)=C(N)C(F)F. The molecule has 0 aromatic heterocycles. The van der Waals surface area contributed by atoms with Gasteiger partial charge in [-0.3, -0.25) is 9.98 Å². The first-order chi connectivity index (χ1) is 14.1. The van der Waals surface area contributed by atoms with E-state index in [2.05, 4.69) is 9.98 Å². The number of hydrogen-bond acceptors (Lipinski definition) is 8. The number of benzene rings is 1. The number of carbonyl (C=O) groups is 2. The molecule has 1 rings (SSSR count). The normalized spacial score (nSPS) is 13.6. The first kappa shape index (κ1) is 24.3. The van der Waals surface area contributed by atoms with Crippen molar-refractivity contribution in [1.29, 1.82) is 0 Å². The molecular weight excluding hydrogens is 412 g/mol. The highest BCUT2D eigenvalue weighted by Crippen LogP contribution is 2.20. The third-order valence-electron chi connectivity index (χ3n) is 3.29. The Labute approximate surface area is 168 Å². The number of nitrogens with two attached hydrogens (primary N) is 2. The quantitative estimate of drug-likeness (QED) is 0.213. The van der Waals surface area contributed by atoms with Gasteiger partial charge in [-0.15, -0.1) is 0 Å². The predicted octanol–water partition coefficient (Wildman–Crippen LogP) is 1.85. The molecule has 8 nitrogen and oxygen atoms in total. The van der Waals surface area contributed by atoms with E-state index in [4.69, 9.17) is 20.9 Å². The maximum atomic E-state index is 12.7. The summed E-state index contributed by atoms with van der Waals surface area (Å²) >= 11 is 0. The Hall–Kier alpha value is -3.70.